The molecule has 7 nitrogen and oxygen atoms in total. The minimum absolute atomic E-state index is 0.0837. The first-order chi connectivity index (χ1) is 17.5. The molecule has 1 aliphatic heterocycles. The molecule has 0 spiro atoms. The van der Waals surface area contributed by atoms with Crippen LogP contribution >= 0.6 is 11.6 Å². The quantitative estimate of drug-likeness (QED) is 0.242. The van der Waals surface area contributed by atoms with Crippen LogP contribution in [0.5, 0.6) is 17.2 Å². The van der Waals surface area contributed by atoms with Gasteiger partial charge in [0.15, 0.2) is 0 Å². The number of halogens is 4. The number of anilines is 1. The van der Waals surface area contributed by atoms with Crippen molar-refractivity contribution in [1.29, 1.82) is 0 Å². The van der Waals surface area contributed by atoms with Crippen LogP contribution in [-0.4, -0.2) is 37.4 Å². The lowest BCUT2D eigenvalue weighted by atomic mass is 9.94. The number of alkyl halides is 3. The van der Waals surface area contributed by atoms with Gasteiger partial charge in [0.05, 0.1) is 31.4 Å². The Kier molecular flexibility index (Phi) is 7.04. The standard InChI is InChI=1S/C26H19ClF3NO6/c1-35-17-8-3-14(4-9-17)22-21(23(32)19-13-15(27)5-12-20(19)36-2)24(33)25(34)31(22)16-6-10-18(11-7-16)37-26(28,29)30/h3-13,22,32H,1-2H3/b23-21+. The van der Waals surface area contributed by atoms with Crippen molar-refractivity contribution >= 4 is 34.7 Å². The van der Waals surface area contributed by atoms with Crippen LogP contribution in [-0.2, 0) is 9.59 Å². The summed E-state index contributed by atoms with van der Waals surface area (Å²) in [6.45, 7) is 0. The zero-order chi connectivity index (χ0) is 26.9. The first-order valence-electron chi connectivity index (χ1n) is 10.7. The van der Waals surface area contributed by atoms with E-state index in [2.05, 4.69) is 4.74 Å². The molecule has 3 aromatic rings. The van der Waals surface area contributed by atoms with Gasteiger partial charge in [0.25, 0.3) is 11.7 Å². The van der Waals surface area contributed by atoms with Gasteiger partial charge in [0.1, 0.15) is 23.0 Å². The van der Waals surface area contributed by atoms with Crippen molar-refractivity contribution < 1.29 is 42.1 Å². The van der Waals surface area contributed by atoms with Gasteiger partial charge in [-0.1, -0.05) is 23.7 Å². The molecule has 11 heteroatoms. The smallest absolute Gasteiger partial charge is 0.507 e. The SMILES string of the molecule is COc1ccc(C2/C(=C(\O)c3cc(Cl)ccc3OC)C(=O)C(=O)N2c2ccc(OC(F)(F)F)cc2)cc1. The van der Waals surface area contributed by atoms with Crippen LogP contribution in [0.25, 0.3) is 5.76 Å². The maximum absolute atomic E-state index is 13.3. The Morgan fingerprint density at radius 2 is 1.54 bits per heavy atom. The van der Waals surface area contributed by atoms with Crippen LogP contribution < -0.4 is 19.1 Å². The predicted octanol–water partition coefficient (Wildman–Crippen LogP) is 5.88. The first-order valence-corrected chi connectivity index (χ1v) is 11.1. The molecule has 1 amide bonds. The number of amides is 1. The minimum Gasteiger partial charge on any atom is -0.507 e. The van der Waals surface area contributed by atoms with Gasteiger partial charge in [0.2, 0.25) is 0 Å². The lowest BCUT2D eigenvalue weighted by Gasteiger charge is -2.26. The highest BCUT2D eigenvalue weighted by Gasteiger charge is 2.47. The summed E-state index contributed by atoms with van der Waals surface area (Å²) in [4.78, 5) is 27.6. The molecule has 1 heterocycles. The average molecular weight is 534 g/mol. The number of hydrogen-bond acceptors (Lipinski definition) is 6. The third-order valence-electron chi connectivity index (χ3n) is 5.64. The van der Waals surface area contributed by atoms with Crippen molar-refractivity contribution in [3.63, 3.8) is 0 Å². The van der Waals surface area contributed by atoms with Crippen molar-refractivity contribution in [2.24, 2.45) is 0 Å². The molecule has 1 aliphatic rings. The molecule has 4 rings (SSSR count). The van der Waals surface area contributed by atoms with E-state index in [1.807, 2.05) is 0 Å². The zero-order valence-electron chi connectivity index (χ0n) is 19.4. The van der Waals surface area contributed by atoms with Gasteiger partial charge >= 0.3 is 6.36 Å². The molecular weight excluding hydrogens is 515 g/mol. The monoisotopic (exact) mass is 533 g/mol. The van der Waals surface area contributed by atoms with E-state index in [1.165, 1.54) is 44.6 Å². The van der Waals surface area contributed by atoms with Gasteiger partial charge in [-0.05, 0) is 60.2 Å². The van der Waals surface area contributed by atoms with Gasteiger partial charge in [-0.2, -0.15) is 0 Å². The number of carbonyl (C=O) groups is 2. The number of hydrogen-bond donors (Lipinski definition) is 1. The van der Waals surface area contributed by atoms with Gasteiger partial charge in [-0.3, -0.25) is 14.5 Å². The lowest BCUT2D eigenvalue weighted by Crippen LogP contribution is -2.29. The fraction of sp³-hybridized carbons (Fsp3) is 0.154. The molecule has 0 bridgehead atoms. The molecule has 1 N–H and O–H groups in total. The van der Waals surface area contributed by atoms with Gasteiger partial charge in [0, 0.05) is 10.7 Å². The number of nitrogens with zero attached hydrogens (tertiary/aromatic N) is 1. The Labute approximate surface area is 214 Å². The van der Waals surface area contributed by atoms with Gasteiger partial charge in [-0.15, -0.1) is 13.2 Å². The number of rotatable bonds is 6. The summed E-state index contributed by atoms with van der Waals surface area (Å²) in [5, 5.41) is 11.5. The van der Waals surface area contributed by atoms with Crippen LogP contribution in [0, 0.1) is 0 Å². The molecular formula is C26H19ClF3NO6. The molecule has 0 saturated carbocycles. The molecule has 0 aliphatic carbocycles. The van der Waals surface area contributed by atoms with E-state index in [9.17, 15) is 27.9 Å². The van der Waals surface area contributed by atoms with Gasteiger partial charge in [-0.25, -0.2) is 0 Å². The molecule has 1 atom stereocenters. The lowest BCUT2D eigenvalue weighted by molar-refractivity contribution is -0.274. The summed E-state index contributed by atoms with van der Waals surface area (Å²) >= 11 is 6.10. The second-order valence-electron chi connectivity index (χ2n) is 7.83. The first kappa shape index (κ1) is 25.9. The van der Waals surface area contributed by atoms with Crippen LogP contribution in [0.15, 0.2) is 72.3 Å². The predicted molar refractivity (Wildman–Crippen MR) is 129 cm³/mol. The van der Waals surface area contributed by atoms with Crippen LogP contribution in [0.3, 0.4) is 0 Å². The van der Waals surface area contributed by atoms with Crippen molar-refractivity contribution in [3.05, 3.63) is 88.5 Å². The maximum Gasteiger partial charge on any atom is 0.573 e. The summed E-state index contributed by atoms with van der Waals surface area (Å²) < 4.78 is 52.2. The summed E-state index contributed by atoms with van der Waals surface area (Å²) in [7, 11) is 2.83. The number of benzene rings is 3. The summed E-state index contributed by atoms with van der Waals surface area (Å²) in [6, 6.07) is 14.2. The summed E-state index contributed by atoms with van der Waals surface area (Å²) in [5.41, 5.74) is 0.361. The summed E-state index contributed by atoms with van der Waals surface area (Å²) in [6.07, 6.45) is -4.90. The third kappa shape index (κ3) is 5.19. The highest BCUT2D eigenvalue weighted by atomic mass is 35.5. The van der Waals surface area contributed by atoms with Crippen molar-refractivity contribution in [2.75, 3.05) is 19.1 Å². The van der Waals surface area contributed by atoms with E-state index < -0.39 is 35.6 Å². The number of ether oxygens (including phenoxy) is 3. The largest absolute Gasteiger partial charge is 0.573 e. The van der Waals surface area contributed by atoms with Gasteiger partial charge < -0.3 is 19.3 Å². The number of aliphatic hydroxyl groups is 1. The number of carbonyl (C=O) groups excluding carboxylic acids is 2. The Balaban J connectivity index is 1.89. The average Bonchev–Trinajstić information content (AvgIpc) is 3.13. The van der Waals surface area contributed by atoms with E-state index in [0.717, 1.165) is 17.0 Å². The number of methoxy groups -OCH3 is 2. The number of aliphatic hydroxyl groups excluding tert-OH is 1. The highest BCUT2D eigenvalue weighted by Crippen LogP contribution is 2.44. The molecule has 1 saturated heterocycles. The Morgan fingerprint density at radius 1 is 0.919 bits per heavy atom. The molecule has 3 aromatic carbocycles. The van der Waals surface area contributed by atoms with Crippen molar-refractivity contribution in [2.45, 2.75) is 12.4 Å². The van der Waals surface area contributed by atoms with E-state index in [4.69, 9.17) is 21.1 Å². The Bertz CT molecular complexity index is 1370. The number of Topliss-reactive ketones (excluding diaryl/α,β-unsaturated/α-hetero) is 1. The van der Waals surface area contributed by atoms with Crippen molar-refractivity contribution in [1.82, 2.24) is 0 Å². The maximum atomic E-state index is 13.3. The summed E-state index contributed by atoms with van der Waals surface area (Å²) in [5.74, 6) is -2.32. The van der Waals surface area contributed by atoms with E-state index >= 15 is 0 Å². The van der Waals surface area contributed by atoms with Crippen LogP contribution in [0.1, 0.15) is 17.2 Å². The highest BCUT2D eigenvalue weighted by molar-refractivity contribution is 6.51. The van der Waals surface area contributed by atoms with E-state index in [1.54, 1.807) is 24.3 Å². The normalized spacial score (nSPS) is 17.1. The molecule has 37 heavy (non-hydrogen) atoms. The fourth-order valence-electron chi connectivity index (χ4n) is 4.02. The molecule has 1 fully saturated rings. The Morgan fingerprint density at radius 3 is 2.11 bits per heavy atom. The Hall–Kier alpha value is -4.18. The second-order valence-corrected chi connectivity index (χ2v) is 8.27. The fourth-order valence-corrected chi connectivity index (χ4v) is 4.19. The molecule has 0 radical (unpaired) electrons. The zero-order valence-corrected chi connectivity index (χ0v) is 20.1. The molecule has 1 unspecified atom stereocenters. The topological polar surface area (TPSA) is 85.3 Å². The van der Waals surface area contributed by atoms with E-state index in [0.29, 0.717) is 11.3 Å². The minimum atomic E-state index is -4.90. The molecule has 192 valence electrons. The van der Waals surface area contributed by atoms with E-state index in [-0.39, 0.29) is 27.6 Å². The van der Waals surface area contributed by atoms with Crippen LogP contribution in [0.2, 0.25) is 5.02 Å². The van der Waals surface area contributed by atoms with Crippen molar-refractivity contribution in [3.8, 4) is 17.2 Å². The third-order valence-corrected chi connectivity index (χ3v) is 5.88. The number of ketones is 1. The molecule has 0 aromatic heterocycles. The van der Waals surface area contributed by atoms with Crippen LogP contribution in [0.4, 0.5) is 18.9 Å². The second kappa shape index (κ2) is 10.1.